The van der Waals surface area contributed by atoms with Gasteiger partial charge in [-0.05, 0) is 12.8 Å². The molecule has 2 nitrogen and oxygen atoms in total. The molecule has 0 radical (unpaired) electrons. The van der Waals surface area contributed by atoms with Gasteiger partial charge in [0.1, 0.15) is 4.84 Å². The molecule has 0 aromatic heterocycles. The van der Waals surface area contributed by atoms with E-state index in [2.05, 4.69) is 0 Å². The quantitative estimate of drug-likeness (QED) is 0.377. The van der Waals surface area contributed by atoms with Crippen LogP contribution in [0.5, 0.6) is 0 Å². The number of halogens is 2. The molecule has 0 aliphatic rings. The van der Waals surface area contributed by atoms with Crippen LogP contribution < -0.4 is 5.73 Å². The van der Waals surface area contributed by atoms with Crippen molar-refractivity contribution in [2.75, 3.05) is 0 Å². The molecule has 0 atom stereocenters. The maximum Gasteiger partial charge on any atom is 0.107 e. The summed E-state index contributed by atoms with van der Waals surface area (Å²) in [6.07, 6.45) is 2.10. The molecule has 0 saturated carbocycles. The molecule has 0 saturated heterocycles. The van der Waals surface area contributed by atoms with Crippen LogP contribution in [0.25, 0.3) is 0 Å². The first-order chi connectivity index (χ1) is 4.13. The zero-order valence-electron chi connectivity index (χ0n) is 5.03. The molecule has 0 fully saturated rings. The van der Waals surface area contributed by atoms with Gasteiger partial charge in [0.25, 0.3) is 0 Å². The summed E-state index contributed by atoms with van der Waals surface area (Å²) in [6, 6.07) is 0. The lowest BCUT2D eigenvalue weighted by atomic mass is 10.2. The van der Waals surface area contributed by atoms with E-state index >= 15 is 0 Å². The van der Waals surface area contributed by atoms with Gasteiger partial charge in [-0.15, -0.1) is 23.2 Å². The average molecular weight is 169 g/mol. The van der Waals surface area contributed by atoms with Crippen molar-refractivity contribution >= 4 is 29.0 Å². The molecule has 3 N–H and O–H groups in total. The van der Waals surface area contributed by atoms with Crippen LogP contribution in [-0.4, -0.2) is 10.7 Å². The van der Waals surface area contributed by atoms with Gasteiger partial charge in [0.05, 0.1) is 5.84 Å². The standard InChI is InChI=1S/C5H10Cl2N2/c6-4(7)2-1-3-5(8)9/h4H,1-3H2,(H3,8,9). The first-order valence-electron chi connectivity index (χ1n) is 2.74. The number of alkyl halides is 2. The molecule has 0 aliphatic carbocycles. The van der Waals surface area contributed by atoms with E-state index in [1.54, 1.807) is 0 Å². The Labute approximate surface area is 64.8 Å². The van der Waals surface area contributed by atoms with E-state index in [1.807, 2.05) is 0 Å². The van der Waals surface area contributed by atoms with Crippen LogP contribution in [0, 0.1) is 5.41 Å². The highest BCUT2D eigenvalue weighted by Crippen LogP contribution is 2.10. The zero-order chi connectivity index (χ0) is 7.28. The summed E-state index contributed by atoms with van der Waals surface area (Å²) >= 11 is 10.8. The Kier molecular flexibility index (Phi) is 4.91. The van der Waals surface area contributed by atoms with Crippen molar-refractivity contribution in [2.24, 2.45) is 5.73 Å². The highest BCUT2D eigenvalue weighted by molar-refractivity contribution is 6.44. The lowest BCUT2D eigenvalue weighted by molar-refractivity contribution is 0.808. The van der Waals surface area contributed by atoms with Crippen molar-refractivity contribution in [1.29, 1.82) is 5.41 Å². The minimum Gasteiger partial charge on any atom is -0.388 e. The Morgan fingerprint density at radius 1 is 1.56 bits per heavy atom. The van der Waals surface area contributed by atoms with Gasteiger partial charge in [0.15, 0.2) is 0 Å². The number of amidine groups is 1. The maximum atomic E-state index is 6.83. The van der Waals surface area contributed by atoms with E-state index in [0.717, 1.165) is 6.42 Å². The molecule has 54 valence electrons. The fraction of sp³-hybridized carbons (Fsp3) is 0.800. The van der Waals surface area contributed by atoms with Gasteiger partial charge in [-0.2, -0.15) is 0 Å². The van der Waals surface area contributed by atoms with E-state index in [0.29, 0.717) is 12.8 Å². The van der Waals surface area contributed by atoms with Crippen molar-refractivity contribution in [3.05, 3.63) is 0 Å². The molecule has 0 aromatic carbocycles. The molecule has 0 rings (SSSR count). The lowest BCUT2D eigenvalue weighted by Crippen LogP contribution is -2.08. The molecular formula is C5H10Cl2N2. The second-order valence-corrected chi connectivity index (χ2v) is 3.09. The van der Waals surface area contributed by atoms with Gasteiger partial charge in [-0.1, -0.05) is 0 Å². The van der Waals surface area contributed by atoms with Crippen LogP contribution in [0.15, 0.2) is 0 Å². The summed E-state index contributed by atoms with van der Waals surface area (Å²) in [5.74, 6) is 0.198. The molecule has 0 amide bonds. The van der Waals surface area contributed by atoms with E-state index < -0.39 is 0 Å². The summed E-state index contributed by atoms with van der Waals surface area (Å²) in [6.45, 7) is 0. The SMILES string of the molecule is N=C(N)CCCC(Cl)Cl. The fourth-order valence-electron chi connectivity index (χ4n) is 0.447. The molecule has 0 aliphatic heterocycles. The van der Waals surface area contributed by atoms with E-state index in [-0.39, 0.29) is 10.7 Å². The van der Waals surface area contributed by atoms with E-state index in [1.165, 1.54) is 0 Å². The third-order valence-electron chi connectivity index (χ3n) is 0.868. The van der Waals surface area contributed by atoms with Gasteiger partial charge in [-0.3, -0.25) is 5.41 Å². The number of hydrogen-bond acceptors (Lipinski definition) is 1. The summed E-state index contributed by atoms with van der Waals surface area (Å²) in [5, 5.41) is 6.83. The minimum atomic E-state index is -0.315. The largest absolute Gasteiger partial charge is 0.388 e. The van der Waals surface area contributed by atoms with E-state index in [9.17, 15) is 0 Å². The number of nitrogens with one attached hydrogen (secondary N) is 1. The Morgan fingerprint density at radius 3 is 2.44 bits per heavy atom. The van der Waals surface area contributed by atoms with Crippen LogP contribution >= 0.6 is 23.2 Å². The van der Waals surface area contributed by atoms with E-state index in [4.69, 9.17) is 34.3 Å². The Morgan fingerprint density at radius 2 is 2.11 bits per heavy atom. The molecule has 0 bridgehead atoms. The first kappa shape index (κ1) is 9.05. The average Bonchev–Trinajstić information content (AvgIpc) is 1.63. The smallest absolute Gasteiger partial charge is 0.107 e. The van der Waals surface area contributed by atoms with Crippen LogP contribution in [0.1, 0.15) is 19.3 Å². The minimum absolute atomic E-state index is 0.198. The summed E-state index contributed by atoms with van der Waals surface area (Å²) in [7, 11) is 0. The molecule has 9 heavy (non-hydrogen) atoms. The maximum absolute atomic E-state index is 6.83. The second-order valence-electron chi connectivity index (χ2n) is 1.81. The molecule has 0 heterocycles. The van der Waals surface area contributed by atoms with Gasteiger partial charge in [0.2, 0.25) is 0 Å². The predicted octanol–water partition coefficient (Wildman–Crippen LogP) is 1.90. The molecule has 0 aromatic rings. The predicted molar refractivity (Wildman–Crippen MR) is 41.3 cm³/mol. The molecule has 4 heteroatoms. The van der Waals surface area contributed by atoms with Crippen molar-refractivity contribution in [3.63, 3.8) is 0 Å². The summed E-state index contributed by atoms with van der Waals surface area (Å²) < 4.78 is 0. The van der Waals surface area contributed by atoms with Gasteiger partial charge in [-0.25, -0.2) is 0 Å². The first-order valence-corrected chi connectivity index (χ1v) is 3.61. The van der Waals surface area contributed by atoms with Crippen molar-refractivity contribution in [2.45, 2.75) is 24.1 Å². The monoisotopic (exact) mass is 168 g/mol. The zero-order valence-corrected chi connectivity index (χ0v) is 6.54. The van der Waals surface area contributed by atoms with Crippen molar-refractivity contribution in [1.82, 2.24) is 0 Å². The molecule has 0 unspecified atom stereocenters. The van der Waals surface area contributed by atoms with Gasteiger partial charge >= 0.3 is 0 Å². The molecule has 0 spiro atoms. The highest BCUT2D eigenvalue weighted by atomic mass is 35.5. The van der Waals surface area contributed by atoms with Crippen molar-refractivity contribution < 1.29 is 0 Å². The van der Waals surface area contributed by atoms with Crippen LogP contribution in [-0.2, 0) is 0 Å². The Bertz CT molecular complexity index is 93.0. The number of nitrogens with two attached hydrogens (primary N) is 1. The summed E-state index contributed by atoms with van der Waals surface area (Å²) in [5.41, 5.74) is 5.08. The Hall–Kier alpha value is 0.0500. The Balaban J connectivity index is 3.01. The number of rotatable bonds is 4. The normalized spacial score (nSPS) is 10.1. The topological polar surface area (TPSA) is 49.9 Å². The fourth-order valence-corrected chi connectivity index (χ4v) is 0.755. The number of hydrogen-bond donors (Lipinski definition) is 2. The van der Waals surface area contributed by atoms with Crippen LogP contribution in [0.3, 0.4) is 0 Å². The highest BCUT2D eigenvalue weighted by Gasteiger charge is 1.97. The van der Waals surface area contributed by atoms with Gasteiger partial charge in [0, 0.05) is 6.42 Å². The third kappa shape index (κ3) is 8.05. The lowest BCUT2D eigenvalue weighted by Gasteiger charge is -1.98. The second kappa shape index (κ2) is 4.89. The van der Waals surface area contributed by atoms with Gasteiger partial charge < -0.3 is 5.73 Å². The summed E-state index contributed by atoms with van der Waals surface area (Å²) in [4.78, 5) is -0.315. The van der Waals surface area contributed by atoms with Crippen LogP contribution in [0.4, 0.5) is 0 Å². The third-order valence-corrected chi connectivity index (χ3v) is 1.30. The van der Waals surface area contributed by atoms with Crippen molar-refractivity contribution in [3.8, 4) is 0 Å². The molecular weight excluding hydrogens is 159 g/mol. The van der Waals surface area contributed by atoms with Crippen LogP contribution in [0.2, 0.25) is 0 Å².